The average Bonchev–Trinajstić information content (AvgIpc) is 2.64. The van der Waals surface area contributed by atoms with Crippen molar-refractivity contribution in [3.05, 3.63) is 64.3 Å². The second kappa shape index (κ2) is 5.67. The minimum Gasteiger partial charge on any atom is -0.198 e. The third-order valence-electron chi connectivity index (χ3n) is 6.98. The van der Waals surface area contributed by atoms with Crippen molar-refractivity contribution in [3.8, 4) is 11.3 Å². The smallest absolute Gasteiger partial charge is 0.198 e. The Labute approximate surface area is 156 Å². The number of hydrogen-bond acceptors (Lipinski definition) is 0. The number of nitrogens with zero attached hydrogens (tertiary/aromatic N) is 1. The zero-order chi connectivity index (χ0) is 18.0. The van der Waals surface area contributed by atoms with Crippen LogP contribution < -0.4 is 4.57 Å². The van der Waals surface area contributed by atoms with Gasteiger partial charge in [0.2, 0.25) is 5.69 Å². The fourth-order valence-corrected chi connectivity index (χ4v) is 5.45. The summed E-state index contributed by atoms with van der Waals surface area (Å²) in [4.78, 5) is 0. The van der Waals surface area contributed by atoms with Crippen molar-refractivity contribution in [2.24, 2.45) is 7.05 Å². The van der Waals surface area contributed by atoms with Gasteiger partial charge in [-0.15, -0.1) is 0 Å². The van der Waals surface area contributed by atoms with Crippen LogP contribution in [0, 0.1) is 20.8 Å². The van der Waals surface area contributed by atoms with E-state index >= 15 is 0 Å². The fourth-order valence-electron chi connectivity index (χ4n) is 5.45. The predicted molar refractivity (Wildman–Crippen MR) is 109 cm³/mol. The Bertz CT molecular complexity index is 1040. The number of aryl methyl sites for hydroxylation is 3. The van der Waals surface area contributed by atoms with E-state index in [4.69, 9.17) is 0 Å². The summed E-state index contributed by atoms with van der Waals surface area (Å²) in [5.74, 6) is 1.60. The summed E-state index contributed by atoms with van der Waals surface area (Å²) in [6, 6.07) is 14.3. The zero-order valence-corrected chi connectivity index (χ0v) is 16.4. The summed E-state index contributed by atoms with van der Waals surface area (Å²) in [5.41, 5.74) is 10.2. The molecule has 0 N–H and O–H groups in total. The van der Waals surface area contributed by atoms with Gasteiger partial charge in [0.1, 0.15) is 7.05 Å². The van der Waals surface area contributed by atoms with Crippen LogP contribution in [0.3, 0.4) is 0 Å². The lowest BCUT2D eigenvalue weighted by atomic mass is 9.66. The molecule has 1 aromatic heterocycles. The second-order valence-corrected chi connectivity index (χ2v) is 8.63. The van der Waals surface area contributed by atoms with Crippen LogP contribution in [0.2, 0.25) is 0 Å². The Hall–Kier alpha value is -2.15. The lowest BCUT2D eigenvalue weighted by Gasteiger charge is -2.38. The molecular weight excluding hydrogens is 314 g/mol. The minimum absolute atomic E-state index is 0.790. The minimum atomic E-state index is 0.790. The second-order valence-electron chi connectivity index (χ2n) is 8.63. The molecule has 0 spiro atoms. The van der Waals surface area contributed by atoms with E-state index in [2.05, 4.69) is 68.8 Å². The number of aromatic nitrogens is 1. The summed E-state index contributed by atoms with van der Waals surface area (Å²) in [5, 5.41) is 2.72. The maximum absolute atomic E-state index is 2.55. The van der Waals surface area contributed by atoms with Crippen molar-refractivity contribution in [2.45, 2.75) is 58.3 Å². The van der Waals surface area contributed by atoms with Gasteiger partial charge in [-0.25, -0.2) is 0 Å². The molecule has 1 heterocycles. The Kier molecular flexibility index (Phi) is 3.50. The van der Waals surface area contributed by atoms with Gasteiger partial charge in [-0.3, -0.25) is 0 Å². The van der Waals surface area contributed by atoms with Crippen LogP contribution in [-0.4, -0.2) is 0 Å². The molecule has 3 aromatic rings. The summed E-state index contributed by atoms with van der Waals surface area (Å²) < 4.78 is 2.38. The number of rotatable bonds is 1. The van der Waals surface area contributed by atoms with Crippen molar-refractivity contribution >= 4 is 10.8 Å². The molecule has 2 bridgehead atoms. The van der Waals surface area contributed by atoms with Crippen LogP contribution in [0.1, 0.15) is 65.5 Å². The van der Waals surface area contributed by atoms with E-state index < -0.39 is 0 Å². The van der Waals surface area contributed by atoms with Gasteiger partial charge in [-0.2, -0.15) is 4.57 Å². The number of benzene rings is 2. The first-order chi connectivity index (χ1) is 12.5. The maximum Gasteiger partial charge on any atom is 0.220 e. The lowest BCUT2D eigenvalue weighted by Crippen LogP contribution is -2.35. The molecular formula is C25H28N+. The van der Waals surface area contributed by atoms with E-state index in [1.54, 1.807) is 11.1 Å². The number of pyridine rings is 1. The lowest BCUT2D eigenvalue weighted by molar-refractivity contribution is -0.665. The zero-order valence-electron chi connectivity index (χ0n) is 16.4. The molecule has 0 amide bonds. The van der Waals surface area contributed by atoms with Crippen molar-refractivity contribution in [3.63, 3.8) is 0 Å². The molecule has 1 saturated carbocycles. The van der Waals surface area contributed by atoms with E-state index in [0.717, 1.165) is 11.8 Å². The van der Waals surface area contributed by atoms with Crippen LogP contribution in [0.15, 0.2) is 36.4 Å². The largest absolute Gasteiger partial charge is 0.220 e. The molecule has 0 unspecified atom stereocenters. The summed E-state index contributed by atoms with van der Waals surface area (Å²) in [6.45, 7) is 6.71. The first-order valence-electron chi connectivity index (χ1n) is 10.1. The molecule has 1 heteroatoms. The summed E-state index contributed by atoms with van der Waals surface area (Å²) >= 11 is 0. The molecule has 2 aromatic carbocycles. The number of fused-ring (bicyclic) bond motifs is 3. The molecule has 3 aliphatic carbocycles. The van der Waals surface area contributed by atoms with Crippen LogP contribution in [0.5, 0.6) is 0 Å². The quantitative estimate of drug-likeness (QED) is 0.477. The predicted octanol–water partition coefficient (Wildman–Crippen LogP) is 6.01. The highest BCUT2D eigenvalue weighted by atomic mass is 14.9. The molecule has 1 fully saturated rings. The maximum atomic E-state index is 2.55. The third-order valence-corrected chi connectivity index (χ3v) is 6.98. The topological polar surface area (TPSA) is 3.88 Å². The normalized spacial score (nSPS) is 21.2. The van der Waals surface area contributed by atoms with Crippen molar-refractivity contribution in [2.75, 3.05) is 0 Å². The molecule has 6 rings (SSSR count). The van der Waals surface area contributed by atoms with Crippen LogP contribution in [0.4, 0.5) is 0 Å². The van der Waals surface area contributed by atoms with E-state index in [-0.39, 0.29) is 0 Å². The van der Waals surface area contributed by atoms with Crippen LogP contribution in [-0.2, 0) is 7.05 Å². The van der Waals surface area contributed by atoms with Gasteiger partial charge < -0.3 is 0 Å². The van der Waals surface area contributed by atoms with Gasteiger partial charge in [-0.05, 0) is 85.6 Å². The highest BCUT2D eigenvalue weighted by Gasteiger charge is 2.34. The Morgan fingerprint density at radius 3 is 2.15 bits per heavy atom. The molecule has 0 atom stereocenters. The number of hydrogen-bond donors (Lipinski definition) is 0. The monoisotopic (exact) mass is 342 g/mol. The van der Waals surface area contributed by atoms with Crippen LogP contribution >= 0.6 is 0 Å². The highest BCUT2D eigenvalue weighted by Crippen LogP contribution is 2.50. The molecule has 0 aliphatic heterocycles. The van der Waals surface area contributed by atoms with E-state index in [0.29, 0.717) is 0 Å². The molecule has 132 valence electrons. The Morgan fingerprint density at radius 1 is 0.808 bits per heavy atom. The van der Waals surface area contributed by atoms with Gasteiger partial charge in [0.15, 0.2) is 5.69 Å². The van der Waals surface area contributed by atoms with Gasteiger partial charge in [0, 0.05) is 13.0 Å². The van der Waals surface area contributed by atoms with Crippen LogP contribution in [0.25, 0.3) is 22.0 Å². The molecule has 3 aliphatic rings. The summed E-state index contributed by atoms with van der Waals surface area (Å²) in [6.07, 6.45) is 5.58. The molecule has 26 heavy (non-hydrogen) atoms. The molecule has 0 radical (unpaired) electrons. The first-order valence-corrected chi connectivity index (χ1v) is 10.1. The summed E-state index contributed by atoms with van der Waals surface area (Å²) in [7, 11) is 2.22. The van der Waals surface area contributed by atoms with E-state index in [1.807, 2.05) is 0 Å². The average molecular weight is 343 g/mol. The van der Waals surface area contributed by atoms with Crippen molar-refractivity contribution < 1.29 is 4.57 Å². The van der Waals surface area contributed by atoms with Crippen molar-refractivity contribution in [1.82, 2.24) is 0 Å². The van der Waals surface area contributed by atoms with E-state index in [1.165, 1.54) is 64.5 Å². The molecule has 0 saturated heterocycles. The standard InChI is InChI=1S/C25H28N/c1-15-5-10-21-20(11-15)13-17(3)26(4)25(21)22-14-24-19-8-6-18(7-9-19)23(24)12-16(22)2/h5,10-14,18-19H,6-9H2,1-4H3/q+1. The van der Waals surface area contributed by atoms with Gasteiger partial charge in [0.05, 0.1) is 10.9 Å². The van der Waals surface area contributed by atoms with Crippen molar-refractivity contribution in [1.29, 1.82) is 0 Å². The fraction of sp³-hybridized carbons (Fsp3) is 0.400. The van der Waals surface area contributed by atoms with E-state index in [9.17, 15) is 0 Å². The molecule has 1 nitrogen and oxygen atoms in total. The SMILES string of the molecule is Cc1ccc2c(-c3cc4c(cc3C)C3CCC4CC3)[n+](C)c(C)cc2c1. The Morgan fingerprint density at radius 2 is 1.46 bits per heavy atom. The first kappa shape index (κ1) is 16.1. The van der Waals surface area contributed by atoms with Gasteiger partial charge in [-0.1, -0.05) is 23.8 Å². The Balaban J connectivity index is 1.81. The van der Waals surface area contributed by atoms with Gasteiger partial charge in [0.25, 0.3) is 0 Å². The highest BCUT2D eigenvalue weighted by molar-refractivity contribution is 5.94. The van der Waals surface area contributed by atoms with Gasteiger partial charge >= 0.3 is 0 Å². The third kappa shape index (κ3) is 2.26.